The first-order valence-corrected chi connectivity index (χ1v) is 15.4. The molecule has 0 aromatic heterocycles. The number of rotatable bonds is 14. The number of para-hydroxylation sites is 1. The van der Waals surface area contributed by atoms with Gasteiger partial charge in [0.2, 0.25) is 21.8 Å². The number of anilines is 1. The summed E-state index contributed by atoms with van der Waals surface area (Å²) in [6.07, 6.45) is 1.40. The summed E-state index contributed by atoms with van der Waals surface area (Å²) in [6.45, 7) is 5.89. The van der Waals surface area contributed by atoms with E-state index in [9.17, 15) is 18.0 Å². The molecule has 1 atom stereocenters. The van der Waals surface area contributed by atoms with Crippen molar-refractivity contribution in [2.45, 2.75) is 39.8 Å². The molecule has 0 spiro atoms. The number of benzene rings is 3. The fourth-order valence-electron chi connectivity index (χ4n) is 4.23. The van der Waals surface area contributed by atoms with E-state index in [0.717, 1.165) is 16.1 Å². The Hall–Kier alpha value is -4.05. The van der Waals surface area contributed by atoms with Crippen LogP contribution in [0.15, 0.2) is 78.9 Å². The van der Waals surface area contributed by atoms with Gasteiger partial charge in [0.1, 0.15) is 29.8 Å². The van der Waals surface area contributed by atoms with E-state index in [0.29, 0.717) is 35.9 Å². The molecule has 220 valence electrons. The first-order valence-electron chi connectivity index (χ1n) is 13.5. The van der Waals surface area contributed by atoms with Crippen LogP contribution in [0.4, 0.5) is 5.69 Å². The Morgan fingerprint density at radius 3 is 2.12 bits per heavy atom. The molecule has 41 heavy (non-hydrogen) atoms. The standard InChI is InChI=1S/C31H39N3O6S/c1-6-29(31(36)32-20-23(2)3)33(21-24-11-10-14-28(19-24)39-4)30(35)22-34(41(5,37)38)25-15-17-27(18-16-25)40-26-12-8-7-9-13-26/h7-19,23,29H,6,20-22H2,1-5H3,(H,32,36)/t29-/m0/s1. The molecular weight excluding hydrogens is 542 g/mol. The van der Waals surface area contributed by atoms with Gasteiger partial charge in [-0.2, -0.15) is 0 Å². The molecule has 3 aromatic carbocycles. The fraction of sp³-hybridized carbons (Fsp3) is 0.355. The zero-order valence-corrected chi connectivity index (χ0v) is 25.1. The maximum Gasteiger partial charge on any atom is 0.244 e. The molecule has 0 saturated carbocycles. The second kappa shape index (κ2) is 14.5. The summed E-state index contributed by atoms with van der Waals surface area (Å²) in [7, 11) is -2.30. The number of hydrogen-bond donors (Lipinski definition) is 1. The molecular formula is C31H39N3O6S. The molecule has 0 heterocycles. The SMILES string of the molecule is CC[C@@H](C(=O)NCC(C)C)N(Cc1cccc(OC)c1)C(=O)CN(c1ccc(Oc2ccccc2)cc1)S(C)(=O)=O. The Kier molecular flexibility index (Phi) is 11.2. The van der Waals surface area contributed by atoms with Crippen LogP contribution in [-0.2, 0) is 26.2 Å². The maximum atomic E-state index is 13.9. The molecule has 0 unspecified atom stereocenters. The zero-order chi connectivity index (χ0) is 30.0. The van der Waals surface area contributed by atoms with Crippen molar-refractivity contribution in [3.63, 3.8) is 0 Å². The van der Waals surface area contributed by atoms with Crippen LogP contribution in [0.5, 0.6) is 17.2 Å². The van der Waals surface area contributed by atoms with Crippen molar-refractivity contribution in [1.82, 2.24) is 10.2 Å². The lowest BCUT2D eigenvalue weighted by molar-refractivity contribution is -0.140. The Balaban J connectivity index is 1.90. The van der Waals surface area contributed by atoms with Gasteiger partial charge in [0, 0.05) is 13.1 Å². The highest BCUT2D eigenvalue weighted by molar-refractivity contribution is 7.92. The third kappa shape index (κ3) is 9.24. The molecule has 10 heteroatoms. The summed E-state index contributed by atoms with van der Waals surface area (Å²) >= 11 is 0. The van der Waals surface area contributed by atoms with E-state index >= 15 is 0 Å². The van der Waals surface area contributed by atoms with Gasteiger partial charge in [0.05, 0.1) is 19.1 Å². The molecule has 0 saturated heterocycles. The summed E-state index contributed by atoms with van der Waals surface area (Å²) in [5.74, 6) is 1.22. The van der Waals surface area contributed by atoms with Crippen LogP contribution in [0.3, 0.4) is 0 Å². The van der Waals surface area contributed by atoms with E-state index in [2.05, 4.69) is 5.32 Å². The number of nitrogens with zero attached hydrogens (tertiary/aromatic N) is 2. The lowest BCUT2D eigenvalue weighted by atomic mass is 10.1. The molecule has 0 bridgehead atoms. The van der Waals surface area contributed by atoms with E-state index in [1.54, 1.807) is 49.6 Å². The van der Waals surface area contributed by atoms with Crippen molar-refractivity contribution >= 4 is 27.5 Å². The number of methoxy groups -OCH3 is 1. The molecule has 3 aromatic rings. The fourth-order valence-corrected chi connectivity index (χ4v) is 5.08. The van der Waals surface area contributed by atoms with Crippen LogP contribution in [0.25, 0.3) is 0 Å². The van der Waals surface area contributed by atoms with Crippen LogP contribution in [-0.4, -0.2) is 57.6 Å². The van der Waals surface area contributed by atoms with Crippen molar-refractivity contribution in [3.05, 3.63) is 84.4 Å². The summed E-state index contributed by atoms with van der Waals surface area (Å²) in [6, 6.07) is 22.1. The van der Waals surface area contributed by atoms with Gasteiger partial charge >= 0.3 is 0 Å². The Morgan fingerprint density at radius 2 is 1.54 bits per heavy atom. The van der Waals surface area contributed by atoms with Gasteiger partial charge < -0.3 is 19.7 Å². The quantitative estimate of drug-likeness (QED) is 0.292. The van der Waals surface area contributed by atoms with E-state index in [-0.39, 0.29) is 18.4 Å². The smallest absolute Gasteiger partial charge is 0.244 e. The molecule has 0 radical (unpaired) electrons. The number of hydrogen-bond acceptors (Lipinski definition) is 6. The minimum Gasteiger partial charge on any atom is -0.497 e. The minimum absolute atomic E-state index is 0.102. The van der Waals surface area contributed by atoms with Gasteiger partial charge in [-0.1, -0.05) is 51.1 Å². The van der Waals surface area contributed by atoms with Crippen LogP contribution in [0, 0.1) is 5.92 Å². The maximum absolute atomic E-state index is 13.9. The van der Waals surface area contributed by atoms with Gasteiger partial charge in [0.15, 0.2) is 0 Å². The summed E-state index contributed by atoms with van der Waals surface area (Å²) in [5, 5.41) is 2.91. The van der Waals surface area contributed by atoms with Crippen LogP contribution in [0.2, 0.25) is 0 Å². The third-order valence-electron chi connectivity index (χ3n) is 6.34. The Morgan fingerprint density at radius 1 is 0.902 bits per heavy atom. The second-order valence-corrected chi connectivity index (χ2v) is 12.0. The van der Waals surface area contributed by atoms with Gasteiger partial charge in [-0.25, -0.2) is 8.42 Å². The molecule has 0 aliphatic carbocycles. The molecule has 1 N–H and O–H groups in total. The van der Waals surface area contributed by atoms with Crippen molar-refractivity contribution in [2.24, 2.45) is 5.92 Å². The van der Waals surface area contributed by atoms with E-state index in [4.69, 9.17) is 9.47 Å². The van der Waals surface area contributed by atoms with Gasteiger partial charge in [-0.3, -0.25) is 13.9 Å². The predicted octanol–water partition coefficient (Wildman–Crippen LogP) is 4.83. The topological polar surface area (TPSA) is 105 Å². The summed E-state index contributed by atoms with van der Waals surface area (Å²) in [4.78, 5) is 28.5. The van der Waals surface area contributed by atoms with Gasteiger partial charge in [-0.05, 0) is 66.4 Å². The van der Waals surface area contributed by atoms with Crippen LogP contribution < -0.4 is 19.1 Å². The predicted molar refractivity (Wildman–Crippen MR) is 161 cm³/mol. The number of ether oxygens (including phenoxy) is 2. The van der Waals surface area contributed by atoms with Crippen LogP contribution >= 0.6 is 0 Å². The van der Waals surface area contributed by atoms with Crippen molar-refractivity contribution in [2.75, 3.05) is 30.8 Å². The normalized spacial score (nSPS) is 12.0. The Labute approximate surface area is 243 Å². The van der Waals surface area contributed by atoms with E-state index in [1.165, 1.54) is 4.90 Å². The van der Waals surface area contributed by atoms with E-state index < -0.39 is 28.5 Å². The highest BCUT2D eigenvalue weighted by Crippen LogP contribution is 2.26. The summed E-state index contributed by atoms with van der Waals surface area (Å²) in [5.41, 5.74) is 1.06. The number of nitrogens with one attached hydrogen (secondary N) is 1. The zero-order valence-electron chi connectivity index (χ0n) is 24.2. The highest BCUT2D eigenvalue weighted by Gasteiger charge is 2.31. The molecule has 0 aliphatic rings. The lowest BCUT2D eigenvalue weighted by Crippen LogP contribution is -2.52. The van der Waals surface area contributed by atoms with Gasteiger partial charge in [0.25, 0.3) is 0 Å². The van der Waals surface area contributed by atoms with Crippen molar-refractivity contribution < 1.29 is 27.5 Å². The highest BCUT2D eigenvalue weighted by atomic mass is 32.2. The molecule has 0 aliphatic heterocycles. The first-order chi connectivity index (χ1) is 19.5. The Bertz CT molecular complexity index is 1390. The number of carbonyl (C=O) groups is 2. The van der Waals surface area contributed by atoms with Crippen molar-refractivity contribution in [1.29, 1.82) is 0 Å². The lowest BCUT2D eigenvalue weighted by Gasteiger charge is -2.33. The average molecular weight is 582 g/mol. The monoisotopic (exact) mass is 581 g/mol. The number of carbonyl (C=O) groups excluding carboxylic acids is 2. The molecule has 0 fully saturated rings. The molecule has 9 nitrogen and oxygen atoms in total. The van der Waals surface area contributed by atoms with Gasteiger partial charge in [-0.15, -0.1) is 0 Å². The minimum atomic E-state index is -3.85. The van der Waals surface area contributed by atoms with Crippen molar-refractivity contribution in [3.8, 4) is 17.2 Å². The molecule has 2 amide bonds. The van der Waals surface area contributed by atoms with Crippen LogP contribution in [0.1, 0.15) is 32.8 Å². The number of sulfonamides is 1. The second-order valence-electron chi connectivity index (χ2n) is 10.1. The number of amides is 2. The first kappa shape index (κ1) is 31.5. The largest absolute Gasteiger partial charge is 0.497 e. The summed E-state index contributed by atoms with van der Waals surface area (Å²) < 4.78 is 38.0. The van der Waals surface area contributed by atoms with E-state index in [1.807, 2.05) is 57.2 Å². The average Bonchev–Trinajstić information content (AvgIpc) is 2.95. The third-order valence-corrected chi connectivity index (χ3v) is 7.48. The molecule has 3 rings (SSSR count).